The van der Waals surface area contributed by atoms with Crippen LogP contribution < -0.4 is 5.32 Å². The first kappa shape index (κ1) is 13.3. The van der Waals surface area contributed by atoms with Crippen LogP contribution in [0.5, 0.6) is 0 Å². The van der Waals surface area contributed by atoms with Gasteiger partial charge in [-0.15, -0.1) is 0 Å². The van der Waals surface area contributed by atoms with E-state index in [1.54, 1.807) is 0 Å². The monoisotopic (exact) mass is 198 g/mol. The molecule has 3 nitrogen and oxygen atoms in total. The van der Waals surface area contributed by atoms with Gasteiger partial charge in [0.15, 0.2) is 0 Å². The first-order valence-corrected chi connectivity index (χ1v) is 5.15. The van der Waals surface area contributed by atoms with E-state index in [1.165, 1.54) is 0 Å². The van der Waals surface area contributed by atoms with Crippen LogP contribution in [0, 0.1) is 0 Å². The van der Waals surface area contributed by atoms with Crippen molar-refractivity contribution >= 4 is 6.29 Å². The molecule has 0 aromatic heterocycles. The summed E-state index contributed by atoms with van der Waals surface area (Å²) < 4.78 is 0. The van der Waals surface area contributed by atoms with Gasteiger partial charge < -0.3 is 10.2 Å². The van der Waals surface area contributed by atoms with Crippen molar-refractivity contribution in [3.05, 3.63) is 12.2 Å². The predicted molar refractivity (Wildman–Crippen MR) is 60.5 cm³/mol. The highest BCUT2D eigenvalue weighted by atomic mass is 16.1. The zero-order valence-electron chi connectivity index (χ0n) is 9.38. The molecule has 0 aliphatic rings. The van der Waals surface area contributed by atoms with Gasteiger partial charge in [-0.2, -0.15) is 0 Å². The molecule has 0 heterocycles. The standard InChI is InChI=1S/C11H22N2O/c1-11(10-14)6-4-5-7-12-8-9-13(2)3/h10,12H,1,4-9H2,2-3H3. The molecule has 0 saturated heterocycles. The van der Waals surface area contributed by atoms with Crippen LogP contribution in [0.25, 0.3) is 0 Å². The molecule has 0 radical (unpaired) electrons. The molecule has 0 fully saturated rings. The van der Waals surface area contributed by atoms with E-state index in [1.807, 2.05) is 0 Å². The van der Waals surface area contributed by atoms with Crippen molar-refractivity contribution in [2.24, 2.45) is 0 Å². The van der Waals surface area contributed by atoms with Crippen LogP contribution in [0.1, 0.15) is 19.3 Å². The van der Waals surface area contributed by atoms with Gasteiger partial charge in [0.1, 0.15) is 6.29 Å². The molecule has 0 bridgehead atoms. The molecule has 0 rings (SSSR count). The molecule has 0 aliphatic carbocycles. The highest BCUT2D eigenvalue weighted by Gasteiger charge is 1.93. The van der Waals surface area contributed by atoms with Gasteiger partial charge in [0.05, 0.1) is 0 Å². The Morgan fingerprint density at radius 3 is 2.64 bits per heavy atom. The Balaban J connectivity index is 3.06. The highest BCUT2D eigenvalue weighted by Crippen LogP contribution is 2.00. The van der Waals surface area contributed by atoms with E-state index in [0.29, 0.717) is 5.57 Å². The fourth-order valence-electron chi connectivity index (χ4n) is 1.09. The number of hydrogen-bond acceptors (Lipinski definition) is 3. The minimum Gasteiger partial charge on any atom is -0.315 e. The lowest BCUT2D eigenvalue weighted by molar-refractivity contribution is -0.105. The lowest BCUT2D eigenvalue weighted by atomic mass is 10.1. The maximum atomic E-state index is 10.2. The summed E-state index contributed by atoms with van der Waals surface area (Å²) in [6, 6.07) is 0. The van der Waals surface area contributed by atoms with Crippen molar-refractivity contribution in [1.82, 2.24) is 10.2 Å². The van der Waals surface area contributed by atoms with E-state index in [-0.39, 0.29) is 0 Å². The SMILES string of the molecule is C=C(C=O)CCCCNCCN(C)C. The molecule has 0 unspecified atom stereocenters. The number of rotatable bonds is 9. The average molecular weight is 198 g/mol. The Morgan fingerprint density at radius 1 is 1.36 bits per heavy atom. The number of nitrogens with one attached hydrogen (secondary N) is 1. The molecule has 1 N–H and O–H groups in total. The van der Waals surface area contributed by atoms with Crippen molar-refractivity contribution in [3.63, 3.8) is 0 Å². The Bertz CT molecular complexity index is 167. The predicted octanol–water partition coefficient (Wildman–Crippen LogP) is 1.06. The second kappa shape index (κ2) is 8.91. The first-order valence-electron chi connectivity index (χ1n) is 5.15. The second-order valence-corrected chi connectivity index (χ2v) is 3.79. The summed E-state index contributed by atoms with van der Waals surface area (Å²) in [6.07, 6.45) is 3.84. The van der Waals surface area contributed by atoms with E-state index < -0.39 is 0 Å². The second-order valence-electron chi connectivity index (χ2n) is 3.79. The van der Waals surface area contributed by atoms with Gasteiger partial charge >= 0.3 is 0 Å². The van der Waals surface area contributed by atoms with E-state index in [4.69, 9.17) is 0 Å². The van der Waals surface area contributed by atoms with Gasteiger partial charge in [0.25, 0.3) is 0 Å². The largest absolute Gasteiger partial charge is 0.315 e. The summed E-state index contributed by atoms with van der Waals surface area (Å²) in [4.78, 5) is 12.4. The molecule has 0 aromatic carbocycles. The fraction of sp³-hybridized carbons (Fsp3) is 0.727. The van der Waals surface area contributed by atoms with Gasteiger partial charge in [-0.1, -0.05) is 6.58 Å². The number of aldehydes is 1. The van der Waals surface area contributed by atoms with Crippen molar-refractivity contribution in [2.45, 2.75) is 19.3 Å². The van der Waals surface area contributed by atoms with Crippen LogP contribution in [0.15, 0.2) is 12.2 Å². The number of nitrogens with zero attached hydrogens (tertiary/aromatic N) is 1. The van der Waals surface area contributed by atoms with E-state index in [9.17, 15) is 4.79 Å². The molecule has 0 spiro atoms. The maximum absolute atomic E-state index is 10.2. The molecule has 0 aromatic rings. The van der Waals surface area contributed by atoms with Gasteiger partial charge in [-0.05, 0) is 45.5 Å². The third-order valence-electron chi connectivity index (χ3n) is 2.00. The molecule has 3 heteroatoms. The van der Waals surface area contributed by atoms with Gasteiger partial charge in [0.2, 0.25) is 0 Å². The first-order chi connectivity index (χ1) is 6.66. The zero-order chi connectivity index (χ0) is 10.8. The molecular weight excluding hydrogens is 176 g/mol. The van der Waals surface area contributed by atoms with Crippen LogP contribution in [0.4, 0.5) is 0 Å². The molecule has 0 aliphatic heterocycles. The minimum absolute atomic E-state index is 0.707. The quantitative estimate of drug-likeness (QED) is 0.341. The normalized spacial score (nSPS) is 10.5. The van der Waals surface area contributed by atoms with Crippen molar-refractivity contribution in [1.29, 1.82) is 0 Å². The number of unbranched alkanes of at least 4 members (excludes halogenated alkanes) is 1. The number of carbonyl (C=O) groups excluding carboxylic acids is 1. The number of likely N-dealkylation sites (N-methyl/N-ethyl adjacent to an activating group) is 1. The number of hydrogen-bond donors (Lipinski definition) is 1. The summed E-state index contributed by atoms with van der Waals surface area (Å²) in [5.41, 5.74) is 0.707. The summed E-state index contributed by atoms with van der Waals surface area (Å²) in [7, 11) is 4.13. The lowest BCUT2D eigenvalue weighted by Crippen LogP contribution is -2.27. The van der Waals surface area contributed by atoms with Crippen LogP contribution in [-0.4, -0.2) is 44.9 Å². The molecule has 14 heavy (non-hydrogen) atoms. The van der Waals surface area contributed by atoms with Crippen LogP contribution in [0.3, 0.4) is 0 Å². The molecule has 0 atom stereocenters. The third-order valence-corrected chi connectivity index (χ3v) is 2.00. The molecule has 0 saturated carbocycles. The van der Waals surface area contributed by atoms with Crippen LogP contribution >= 0.6 is 0 Å². The van der Waals surface area contributed by atoms with Gasteiger partial charge in [-0.3, -0.25) is 4.79 Å². The molecule has 82 valence electrons. The smallest absolute Gasteiger partial charge is 0.145 e. The Morgan fingerprint density at radius 2 is 2.07 bits per heavy atom. The maximum Gasteiger partial charge on any atom is 0.145 e. The summed E-state index contributed by atoms with van der Waals surface area (Å²) in [5.74, 6) is 0. The summed E-state index contributed by atoms with van der Waals surface area (Å²) in [6.45, 7) is 6.76. The van der Waals surface area contributed by atoms with E-state index in [2.05, 4.69) is 30.9 Å². The van der Waals surface area contributed by atoms with Crippen molar-refractivity contribution < 1.29 is 4.79 Å². The average Bonchev–Trinajstić information content (AvgIpc) is 2.15. The van der Waals surface area contributed by atoms with Gasteiger partial charge in [0, 0.05) is 13.1 Å². The summed E-state index contributed by atoms with van der Waals surface area (Å²) >= 11 is 0. The van der Waals surface area contributed by atoms with Crippen molar-refractivity contribution in [3.8, 4) is 0 Å². The molecule has 0 amide bonds. The van der Waals surface area contributed by atoms with E-state index >= 15 is 0 Å². The Labute approximate surface area is 87.2 Å². The highest BCUT2D eigenvalue weighted by molar-refractivity contribution is 5.71. The van der Waals surface area contributed by atoms with Crippen LogP contribution in [0.2, 0.25) is 0 Å². The number of carbonyl (C=O) groups is 1. The topological polar surface area (TPSA) is 32.3 Å². The zero-order valence-corrected chi connectivity index (χ0v) is 9.38. The summed E-state index contributed by atoms with van der Waals surface area (Å²) in [5, 5.41) is 3.35. The van der Waals surface area contributed by atoms with Crippen molar-refractivity contribution in [2.75, 3.05) is 33.7 Å². The Hall–Kier alpha value is -0.670. The minimum atomic E-state index is 0.707. The van der Waals surface area contributed by atoms with Gasteiger partial charge in [-0.25, -0.2) is 0 Å². The third kappa shape index (κ3) is 9.42. The Kier molecular flexibility index (Phi) is 8.48. The fourth-order valence-corrected chi connectivity index (χ4v) is 1.09. The lowest BCUT2D eigenvalue weighted by Gasteiger charge is -2.09. The van der Waals surface area contributed by atoms with E-state index in [0.717, 1.165) is 45.2 Å². The molecular formula is C11H22N2O. The van der Waals surface area contributed by atoms with Crippen LogP contribution in [-0.2, 0) is 4.79 Å². The number of allylic oxidation sites excluding steroid dienone is 1.